The van der Waals surface area contributed by atoms with E-state index in [1.54, 1.807) is 11.1 Å². The molecule has 0 amide bonds. The summed E-state index contributed by atoms with van der Waals surface area (Å²) in [5.41, 5.74) is 4.66. The summed E-state index contributed by atoms with van der Waals surface area (Å²) in [5.74, 6) is -4.08. The lowest BCUT2D eigenvalue weighted by Crippen LogP contribution is -2.41. The molecule has 38 heavy (non-hydrogen) atoms. The van der Waals surface area contributed by atoms with Gasteiger partial charge in [-0.25, -0.2) is 9.59 Å². The number of carboxylic acids is 2. The van der Waals surface area contributed by atoms with E-state index in [9.17, 15) is 26.3 Å². The number of aliphatic carboxylic acids is 2. The van der Waals surface area contributed by atoms with Gasteiger partial charge in [0.25, 0.3) is 0 Å². The van der Waals surface area contributed by atoms with Crippen LogP contribution in [-0.4, -0.2) is 83.7 Å². The Morgan fingerprint density at radius 3 is 1.97 bits per heavy atom. The Kier molecular flexibility index (Phi) is 9.79. The fourth-order valence-corrected chi connectivity index (χ4v) is 5.66. The van der Waals surface area contributed by atoms with Crippen LogP contribution in [0.4, 0.5) is 26.3 Å². The number of halogens is 6. The molecule has 2 fully saturated rings. The Morgan fingerprint density at radius 1 is 0.921 bits per heavy atom. The number of nitrogens with zero attached hydrogens (tertiary/aromatic N) is 2. The molecule has 2 saturated heterocycles. The van der Waals surface area contributed by atoms with Gasteiger partial charge in [-0.05, 0) is 39.4 Å². The van der Waals surface area contributed by atoms with Crippen LogP contribution in [0.15, 0.2) is 41.1 Å². The number of carbonyl (C=O) groups is 2. The van der Waals surface area contributed by atoms with Gasteiger partial charge in [-0.15, -0.1) is 0 Å². The predicted molar refractivity (Wildman–Crippen MR) is 125 cm³/mol. The summed E-state index contributed by atoms with van der Waals surface area (Å²) in [6.45, 7) is 7.45. The van der Waals surface area contributed by atoms with Gasteiger partial charge in [-0.3, -0.25) is 9.80 Å². The summed E-state index contributed by atoms with van der Waals surface area (Å²) in [5, 5.41) is 18.7. The summed E-state index contributed by atoms with van der Waals surface area (Å²) in [6.07, 6.45) is -10.2. The van der Waals surface area contributed by atoms with E-state index in [4.69, 9.17) is 24.5 Å². The first-order valence-corrected chi connectivity index (χ1v) is 12.5. The van der Waals surface area contributed by atoms with Crippen LogP contribution in [0.2, 0.25) is 0 Å². The van der Waals surface area contributed by atoms with Crippen molar-refractivity contribution in [3.8, 4) is 0 Å². The summed E-state index contributed by atoms with van der Waals surface area (Å²) in [4.78, 5) is 23.1. The Morgan fingerprint density at radius 2 is 1.47 bits per heavy atom. The quantitative estimate of drug-likeness (QED) is 0.523. The van der Waals surface area contributed by atoms with E-state index in [-0.39, 0.29) is 0 Å². The number of alkyl halides is 6. The van der Waals surface area contributed by atoms with Crippen molar-refractivity contribution in [2.75, 3.05) is 39.4 Å². The normalized spacial score (nSPS) is 23.4. The SMILES string of the molecule is O=C(O)C(F)(F)F.O=C(O)C(F)(F)F.c1ccc2c(c1)[C@@H]1CN(Cc3ccsc3)C[C@@H]1[C@H]2N1CCOCC1. The summed E-state index contributed by atoms with van der Waals surface area (Å²) in [6, 6.07) is 12.0. The Labute approximate surface area is 218 Å². The first-order chi connectivity index (χ1) is 17.8. The zero-order chi connectivity index (χ0) is 28.1. The number of rotatable bonds is 3. The minimum atomic E-state index is -5.08. The van der Waals surface area contributed by atoms with Crippen LogP contribution >= 0.6 is 11.3 Å². The van der Waals surface area contributed by atoms with E-state index < -0.39 is 24.3 Å². The van der Waals surface area contributed by atoms with E-state index in [0.717, 1.165) is 38.8 Å². The molecule has 5 rings (SSSR count). The van der Waals surface area contributed by atoms with Crippen molar-refractivity contribution in [1.29, 1.82) is 0 Å². The first kappa shape index (κ1) is 29.9. The Hall–Kier alpha value is -2.68. The number of hydrogen-bond donors (Lipinski definition) is 2. The molecule has 3 atom stereocenters. The maximum absolute atomic E-state index is 10.6. The third-order valence-electron chi connectivity index (χ3n) is 6.47. The second-order valence-electron chi connectivity index (χ2n) is 8.92. The van der Waals surface area contributed by atoms with Crippen LogP contribution in [0.3, 0.4) is 0 Å². The fourth-order valence-electron chi connectivity index (χ4n) is 5.00. The molecule has 2 N–H and O–H groups in total. The molecule has 14 heteroatoms. The molecule has 7 nitrogen and oxygen atoms in total. The van der Waals surface area contributed by atoms with E-state index >= 15 is 0 Å². The molecule has 210 valence electrons. The van der Waals surface area contributed by atoms with Gasteiger partial charge in [0.15, 0.2) is 0 Å². The molecule has 0 spiro atoms. The molecule has 1 aromatic carbocycles. The van der Waals surface area contributed by atoms with Gasteiger partial charge in [0.2, 0.25) is 0 Å². The fraction of sp³-hybridized carbons (Fsp3) is 0.500. The average Bonchev–Trinajstić information content (AvgIpc) is 3.56. The van der Waals surface area contributed by atoms with E-state index in [1.807, 2.05) is 11.3 Å². The van der Waals surface area contributed by atoms with Crippen LogP contribution < -0.4 is 0 Å². The Bertz CT molecular complexity index is 1050. The molecule has 1 aliphatic carbocycles. The lowest BCUT2D eigenvalue weighted by molar-refractivity contribution is -0.193. The second-order valence-corrected chi connectivity index (χ2v) is 9.70. The van der Waals surface area contributed by atoms with Crippen molar-refractivity contribution in [2.24, 2.45) is 5.92 Å². The molecule has 2 aliphatic heterocycles. The minimum Gasteiger partial charge on any atom is -0.475 e. The third-order valence-corrected chi connectivity index (χ3v) is 7.20. The number of hydrogen-bond acceptors (Lipinski definition) is 6. The monoisotopic (exact) mass is 568 g/mol. The zero-order valence-electron chi connectivity index (χ0n) is 19.9. The van der Waals surface area contributed by atoms with Gasteiger partial charge in [-0.1, -0.05) is 24.3 Å². The highest BCUT2D eigenvalue weighted by Crippen LogP contribution is 2.52. The molecule has 0 saturated carbocycles. The third kappa shape index (κ3) is 7.68. The van der Waals surface area contributed by atoms with Crippen LogP contribution in [0.25, 0.3) is 0 Å². The summed E-state index contributed by atoms with van der Waals surface area (Å²) in [7, 11) is 0. The number of benzene rings is 1. The lowest BCUT2D eigenvalue weighted by Gasteiger charge is -2.36. The van der Waals surface area contributed by atoms with Crippen molar-refractivity contribution in [1.82, 2.24) is 9.80 Å². The summed E-state index contributed by atoms with van der Waals surface area (Å²) < 4.78 is 69.1. The molecule has 3 heterocycles. The molecular weight excluding hydrogens is 542 g/mol. The van der Waals surface area contributed by atoms with E-state index in [1.165, 1.54) is 18.7 Å². The van der Waals surface area contributed by atoms with Crippen molar-refractivity contribution in [2.45, 2.75) is 30.9 Å². The van der Waals surface area contributed by atoms with Gasteiger partial charge in [0.1, 0.15) is 0 Å². The molecule has 0 radical (unpaired) electrons. The van der Waals surface area contributed by atoms with Crippen molar-refractivity contribution in [3.05, 3.63) is 57.8 Å². The highest BCUT2D eigenvalue weighted by molar-refractivity contribution is 7.07. The van der Waals surface area contributed by atoms with Crippen LogP contribution in [0.5, 0.6) is 0 Å². The molecule has 3 aliphatic rings. The zero-order valence-corrected chi connectivity index (χ0v) is 20.7. The van der Waals surface area contributed by atoms with Gasteiger partial charge in [-0.2, -0.15) is 37.7 Å². The van der Waals surface area contributed by atoms with Crippen LogP contribution in [0.1, 0.15) is 28.7 Å². The predicted octanol–water partition coefficient (Wildman–Crippen LogP) is 4.62. The summed E-state index contributed by atoms with van der Waals surface area (Å²) >= 11 is 1.81. The maximum atomic E-state index is 10.6. The maximum Gasteiger partial charge on any atom is 0.490 e. The second kappa shape index (κ2) is 12.5. The van der Waals surface area contributed by atoms with Crippen LogP contribution in [-0.2, 0) is 20.9 Å². The Balaban J connectivity index is 0.000000239. The van der Waals surface area contributed by atoms with Crippen molar-refractivity contribution < 1.29 is 50.9 Å². The molecule has 0 bridgehead atoms. The largest absolute Gasteiger partial charge is 0.490 e. The van der Waals surface area contributed by atoms with Gasteiger partial charge in [0, 0.05) is 44.7 Å². The number of morpholine rings is 1. The molecule has 2 aromatic rings. The lowest BCUT2D eigenvalue weighted by atomic mass is 9.93. The van der Waals surface area contributed by atoms with Crippen molar-refractivity contribution >= 4 is 23.3 Å². The molecule has 1 aromatic heterocycles. The average molecular weight is 569 g/mol. The van der Waals surface area contributed by atoms with Crippen LogP contribution in [0, 0.1) is 5.92 Å². The first-order valence-electron chi connectivity index (χ1n) is 11.5. The molecular formula is C24H26F6N2O5S. The van der Waals surface area contributed by atoms with Gasteiger partial charge < -0.3 is 14.9 Å². The standard InChI is InChI=1S/C20H24N2OS.2C2HF3O2/c1-2-4-17-16(3-1)18-12-21(11-15-5-10-24-14-15)13-19(18)20(17)22-6-8-23-9-7-22;2*3-2(4,5)1(6)7/h1-5,10,14,18-20H,6-9,11-13H2;2*(H,6,7)/t18-,19-,20-;;/m0../s1. The highest BCUT2D eigenvalue weighted by Gasteiger charge is 2.48. The van der Waals surface area contributed by atoms with E-state index in [2.05, 4.69) is 50.9 Å². The van der Waals surface area contributed by atoms with Gasteiger partial charge >= 0.3 is 24.3 Å². The number of carboxylic acid groups (broad SMARTS) is 2. The smallest absolute Gasteiger partial charge is 0.475 e. The van der Waals surface area contributed by atoms with E-state index in [0.29, 0.717) is 12.0 Å². The minimum absolute atomic E-state index is 0.586. The van der Waals surface area contributed by atoms with Gasteiger partial charge in [0.05, 0.1) is 13.2 Å². The number of ether oxygens (including phenoxy) is 1. The molecule has 0 unspecified atom stereocenters. The number of likely N-dealkylation sites (tertiary alicyclic amines) is 1. The highest BCUT2D eigenvalue weighted by atomic mass is 32.1. The number of thiophene rings is 1. The van der Waals surface area contributed by atoms with Crippen molar-refractivity contribution in [3.63, 3.8) is 0 Å². The topological polar surface area (TPSA) is 90.3 Å². The number of fused-ring (bicyclic) bond motifs is 3.